The van der Waals surface area contributed by atoms with Gasteiger partial charge in [-0.15, -0.1) is 0 Å². The Morgan fingerprint density at radius 2 is 1.82 bits per heavy atom. The van der Waals surface area contributed by atoms with Gasteiger partial charge in [-0.25, -0.2) is 4.79 Å². The molecule has 1 aliphatic heterocycles. The predicted molar refractivity (Wildman–Crippen MR) is 149 cm³/mol. The molecule has 0 bridgehead atoms. The number of para-hydroxylation sites is 1. The molecule has 1 heterocycles. The lowest BCUT2D eigenvalue weighted by atomic mass is 10.1. The second kappa shape index (κ2) is 12.0. The average Bonchev–Trinajstić information content (AvgIpc) is 3.22. The Balaban J connectivity index is 1.65. The van der Waals surface area contributed by atoms with E-state index in [1.165, 1.54) is 16.7 Å². The summed E-state index contributed by atoms with van der Waals surface area (Å²) in [7, 11) is 0. The molecule has 7 nitrogen and oxygen atoms in total. The van der Waals surface area contributed by atoms with Crippen LogP contribution in [0, 0.1) is 18.3 Å². The zero-order valence-corrected chi connectivity index (χ0v) is 22.3. The molecule has 0 radical (unpaired) electrons. The van der Waals surface area contributed by atoms with E-state index in [1.54, 1.807) is 73.7 Å². The van der Waals surface area contributed by atoms with Gasteiger partial charge >= 0.3 is 5.97 Å². The van der Waals surface area contributed by atoms with Crippen LogP contribution in [0.1, 0.15) is 28.4 Å². The third kappa shape index (κ3) is 5.91. The van der Waals surface area contributed by atoms with Gasteiger partial charge in [0.1, 0.15) is 16.7 Å². The normalized spacial score (nSPS) is 16.1. The Morgan fingerprint density at radius 3 is 2.45 bits per heavy atom. The molecule has 0 spiro atoms. The number of halogens is 1. The number of thioether (sulfide) groups is 1. The van der Waals surface area contributed by atoms with Crippen LogP contribution in [0.3, 0.4) is 0 Å². The summed E-state index contributed by atoms with van der Waals surface area (Å²) in [5.41, 5.74) is 2.93. The first-order chi connectivity index (χ1) is 18.3. The first kappa shape index (κ1) is 27.0. The number of carbonyl (C=O) groups excluding carboxylic acids is 3. The topological polar surface area (TPSA) is 99.5 Å². The molecule has 1 aliphatic rings. The second-order valence-corrected chi connectivity index (χ2v) is 10.0. The van der Waals surface area contributed by atoms with Gasteiger partial charge in [0.05, 0.1) is 17.4 Å². The number of esters is 1. The Morgan fingerprint density at radius 1 is 1.11 bits per heavy atom. The van der Waals surface area contributed by atoms with E-state index >= 15 is 0 Å². The van der Waals surface area contributed by atoms with Crippen LogP contribution in [0.2, 0.25) is 5.02 Å². The minimum atomic E-state index is -0.636. The van der Waals surface area contributed by atoms with Crippen LogP contribution < -0.4 is 10.2 Å². The van der Waals surface area contributed by atoms with Gasteiger partial charge in [-0.1, -0.05) is 59.8 Å². The smallest absolute Gasteiger partial charge is 0.338 e. The molecular weight excluding hydrogens is 522 g/mol. The highest BCUT2D eigenvalue weighted by Gasteiger charge is 2.40. The predicted octanol–water partition coefficient (Wildman–Crippen LogP) is 5.89. The van der Waals surface area contributed by atoms with E-state index in [0.717, 1.165) is 11.1 Å². The lowest BCUT2D eigenvalue weighted by Crippen LogP contribution is -2.30. The van der Waals surface area contributed by atoms with Crippen molar-refractivity contribution in [1.29, 1.82) is 5.26 Å². The minimum Gasteiger partial charge on any atom is -0.462 e. The van der Waals surface area contributed by atoms with Gasteiger partial charge in [-0.3, -0.25) is 14.5 Å². The molecule has 3 aromatic carbocycles. The largest absolute Gasteiger partial charge is 0.462 e. The molecule has 0 saturated carbocycles. The summed E-state index contributed by atoms with van der Waals surface area (Å²) in [5.74, 6) is -1.29. The molecule has 0 unspecified atom stereocenters. The zero-order valence-electron chi connectivity index (χ0n) is 20.7. The quantitative estimate of drug-likeness (QED) is 0.226. The number of ether oxygens (including phenoxy) is 1. The van der Waals surface area contributed by atoms with Crippen molar-refractivity contribution in [1.82, 2.24) is 0 Å². The Kier molecular flexibility index (Phi) is 8.52. The molecule has 2 amide bonds. The third-order valence-electron chi connectivity index (χ3n) is 5.84. The Bertz CT molecular complexity index is 1450. The van der Waals surface area contributed by atoms with E-state index in [-0.39, 0.29) is 23.1 Å². The summed E-state index contributed by atoms with van der Waals surface area (Å²) in [6.07, 6.45) is 0.341. The zero-order chi connectivity index (χ0) is 27.2. The third-order valence-corrected chi connectivity index (χ3v) is 7.51. The molecule has 3 aromatic rings. The first-order valence-corrected chi connectivity index (χ1v) is 13.1. The minimum absolute atomic E-state index is 0.177. The number of anilines is 2. The van der Waals surface area contributed by atoms with Crippen molar-refractivity contribution in [3.05, 3.63) is 105 Å². The van der Waals surface area contributed by atoms with Crippen LogP contribution in [-0.4, -0.2) is 29.6 Å². The first-order valence-electron chi connectivity index (χ1n) is 11.9. The van der Waals surface area contributed by atoms with E-state index < -0.39 is 17.1 Å². The number of benzene rings is 3. The number of hydrogen-bond acceptors (Lipinski definition) is 6. The Labute approximate surface area is 230 Å². The molecule has 1 fully saturated rings. The van der Waals surface area contributed by atoms with Crippen LogP contribution in [-0.2, 0) is 20.7 Å². The summed E-state index contributed by atoms with van der Waals surface area (Å²) in [4.78, 5) is 40.2. The highest BCUT2D eigenvalue weighted by atomic mass is 35.5. The fourth-order valence-electron chi connectivity index (χ4n) is 3.87. The molecule has 9 heteroatoms. The van der Waals surface area contributed by atoms with Crippen molar-refractivity contribution >= 4 is 52.5 Å². The lowest BCUT2D eigenvalue weighted by molar-refractivity contribution is -0.117. The van der Waals surface area contributed by atoms with Gasteiger partial charge in [-0.2, -0.15) is 5.26 Å². The van der Waals surface area contributed by atoms with Crippen molar-refractivity contribution in [2.45, 2.75) is 25.5 Å². The van der Waals surface area contributed by atoms with E-state index in [9.17, 15) is 19.6 Å². The molecule has 4 rings (SSSR count). The van der Waals surface area contributed by atoms with Gasteiger partial charge in [-0.05, 0) is 67.8 Å². The SMILES string of the molecule is CCOC(=O)c1ccc(C[C@H]2S/C(=C(/C#N)C(=O)Nc3ccc(C)c(Cl)c3)N(c3ccccc3)C2=O)cc1. The Hall–Kier alpha value is -4.06. The number of rotatable bonds is 7. The molecule has 1 saturated heterocycles. The van der Waals surface area contributed by atoms with E-state index in [2.05, 4.69) is 5.32 Å². The lowest BCUT2D eigenvalue weighted by Gasteiger charge is -2.18. The highest BCUT2D eigenvalue weighted by Crippen LogP contribution is 2.42. The maximum atomic E-state index is 13.6. The number of amides is 2. The van der Waals surface area contributed by atoms with Gasteiger partial charge in [0.25, 0.3) is 5.91 Å². The summed E-state index contributed by atoms with van der Waals surface area (Å²) >= 11 is 7.36. The van der Waals surface area contributed by atoms with E-state index in [1.807, 2.05) is 19.1 Å². The number of aryl methyl sites for hydroxylation is 1. The monoisotopic (exact) mass is 545 g/mol. The fraction of sp³-hybridized carbons (Fsp3) is 0.172. The van der Waals surface area contributed by atoms with Crippen LogP contribution in [0.25, 0.3) is 0 Å². The fourth-order valence-corrected chi connectivity index (χ4v) is 5.36. The van der Waals surface area contributed by atoms with E-state index in [4.69, 9.17) is 16.3 Å². The molecule has 0 aromatic heterocycles. The number of nitriles is 1. The molecule has 38 heavy (non-hydrogen) atoms. The van der Waals surface area contributed by atoms with Crippen LogP contribution in [0.5, 0.6) is 0 Å². The number of carbonyl (C=O) groups is 3. The molecule has 0 aliphatic carbocycles. The number of nitrogens with zero attached hydrogens (tertiary/aromatic N) is 2. The molecule has 1 N–H and O–H groups in total. The molecular formula is C29H24ClN3O4S. The summed E-state index contributed by atoms with van der Waals surface area (Å²) in [6.45, 7) is 3.87. The van der Waals surface area contributed by atoms with Crippen LogP contribution in [0.15, 0.2) is 83.4 Å². The van der Waals surface area contributed by atoms with Crippen molar-refractivity contribution < 1.29 is 19.1 Å². The van der Waals surface area contributed by atoms with Gasteiger partial charge < -0.3 is 10.1 Å². The van der Waals surface area contributed by atoms with Crippen molar-refractivity contribution in [3.8, 4) is 6.07 Å². The summed E-state index contributed by atoms with van der Waals surface area (Å²) in [5, 5.41) is 12.9. The van der Waals surface area contributed by atoms with Crippen LogP contribution >= 0.6 is 23.4 Å². The average molecular weight is 546 g/mol. The number of hydrogen-bond donors (Lipinski definition) is 1. The maximum Gasteiger partial charge on any atom is 0.338 e. The highest BCUT2D eigenvalue weighted by molar-refractivity contribution is 8.05. The molecule has 192 valence electrons. The van der Waals surface area contributed by atoms with E-state index in [0.29, 0.717) is 28.4 Å². The van der Waals surface area contributed by atoms with Crippen molar-refractivity contribution in [2.24, 2.45) is 0 Å². The summed E-state index contributed by atoms with van der Waals surface area (Å²) < 4.78 is 5.03. The van der Waals surface area contributed by atoms with Gasteiger partial charge in [0, 0.05) is 16.4 Å². The number of nitrogens with one attached hydrogen (secondary N) is 1. The molecule has 1 atom stereocenters. The van der Waals surface area contributed by atoms with Crippen molar-refractivity contribution in [3.63, 3.8) is 0 Å². The van der Waals surface area contributed by atoms with Gasteiger partial charge in [0.2, 0.25) is 5.91 Å². The standard InChI is InChI=1S/C29H24ClN3O4S/c1-3-37-29(36)20-12-10-19(11-13-20)15-25-27(35)33(22-7-5-4-6-8-22)28(38-25)23(17-31)26(34)32-21-14-9-18(2)24(30)16-21/h4-14,16,25H,3,15H2,1-2H3,(H,32,34)/b28-23-/t25-/m1/s1. The summed E-state index contributed by atoms with van der Waals surface area (Å²) in [6, 6.07) is 22.8. The van der Waals surface area contributed by atoms with Gasteiger partial charge in [0.15, 0.2) is 0 Å². The van der Waals surface area contributed by atoms with Crippen LogP contribution in [0.4, 0.5) is 11.4 Å². The maximum absolute atomic E-state index is 13.6. The van der Waals surface area contributed by atoms with Crippen molar-refractivity contribution in [2.75, 3.05) is 16.8 Å². The second-order valence-electron chi connectivity index (χ2n) is 8.45.